The average molecular weight is 1880 g/mol. The van der Waals surface area contributed by atoms with Crippen molar-refractivity contribution in [3.05, 3.63) is 179 Å². The number of nitrogens with one attached hydrogen (secondary N) is 3. The number of sulfone groups is 1. The number of ether oxygens (including phenoxy) is 4. The van der Waals surface area contributed by atoms with E-state index in [9.17, 15) is 92.3 Å². The van der Waals surface area contributed by atoms with E-state index >= 15 is 0 Å². The van der Waals surface area contributed by atoms with E-state index < -0.39 is 90.0 Å². The minimum absolute atomic E-state index is 0.0110. The van der Waals surface area contributed by atoms with Crippen molar-refractivity contribution < 1.29 is 95.7 Å². The molecule has 0 bridgehead atoms. The van der Waals surface area contributed by atoms with E-state index in [1.807, 2.05) is 57.4 Å². The van der Waals surface area contributed by atoms with Gasteiger partial charge in [0.15, 0.2) is 15.6 Å². The maximum absolute atomic E-state index is 14.1. The summed E-state index contributed by atoms with van der Waals surface area (Å²) >= 11 is 6.55. The number of Topliss-reactive ketones (excluding diaryl/α,β-unsaturated/α-hetero) is 1. The third-order valence-corrected chi connectivity index (χ3v) is 26.0. The molecule has 43 heteroatoms. The van der Waals surface area contributed by atoms with Crippen molar-refractivity contribution in [1.29, 1.82) is 0 Å². The molecule has 704 valence electrons. The van der Waals surface area contributed by atoms with Crippen LogP contribution < -0.4 is 36.3 Å². The highest BCUT2D eigenvalue weighted by Gasteiger charge is 2.37. The normalized spacial score (nSPS) is 17.6. The van der Waals surface area contributed by atoms with Crippen molar-refractivity contribution >= 4 is 116 Å². The number of anilines is 3. The van der Waals surface area contributed by atoms with Crippen LogP contribution in [0.5, 0.6) is 11.5 Å². The Morgan fingerprint density at radius 3 is 1.60 bits per heavy atom. The average Bonchev–Trinajstić information content (AvgIpc) is 1.28. The molecule has 3 atom stereocenters. The fourth-order valence-electron chi connectivity index (χ4n) is 15.3. The molecule has 4 saturated heterocycles. The van der Waals surface area contributed by atoms with Gasteiger partial charge in [-0.15, -0.1) is 0 Å². The Balaban J connectivity index is 0.000000264. The minimum atomic E-state index is -4.50. The van der Waals surface area contributed by atoms with Gasteiger partial charge in [0.25, 0.3) is 11.4 Å². The van der Waals surface area contributed by atoms with Crippen LogP contribution in [0.15, 0.2) is 136 Å². The van der Waals surface area contributed by atoms with Crippen LogP contribution in [0, 0.1) is 59.3 Å². The lowest BCUT2D eigenvalue weighted by Gasteiger charge is -2.39. The van der Waals surface area contributed by atoms with E-state index in [2.05, 4.69) is 44.2 Å². The molecule has 0 radical (unpaired) electrons. The van der Waals surface area contributed by atoms with E-state index in [1.54, 1.807) is 29.3 Å². The minimum Gasteiger partial charge on any atom is -0.455 e. The number of allylic oxidation sites excluding steroid dienone is 1. The first-order chi connectivity index (χ1) is 60.7. The van der Waals surface area contributed by atoms with Crippen molar-refractivity contribution in [2.24, 2.45) is 39.2 Å². The highest BCUT2D eigenvalue weighted by atomic mass is 35.5. The molecule has 3 unspecified atom stereocenters. The number of amides is 3. The Hall–Kier alpha value is -10.4. The summed E-state index contributed by atoms with van der Waals surface area (Å²) in [6.45, 7) is 25.4. The molecule has 5 aliphatic rings. The van der Waals surface area contributed by atoms with Gasteiger partial charge in [-0.3, -0.25) is 54.4 Å². The molecule has 6 heterocycles. The summed E-state index contributed by atoms with van der Waals surface area (Å²) in [6.07, 6.45) is 5.51. The van der Waals surface area contributed by atoms with Crippen molar-refractivity contribution in [1.82, 2.24) is 29.6 Å². The van der Waals surface area contributed by atoms with Gasteiger partial charge in [0.1, 0.15) is 34.3 Å². The molecule has 3 amide bonds. The summed E-state index contributed by atoms with van der Waals surface area (Å²) in [5, 5.41) is 50.2. The van der Waals surface area contributed by atoms with E-state index in [1.165, 1.54) is 42.6 Å². The van der Waals surface area contributed by atoms with E-state index in [4.69, 9.17) is 46.6 Å². The summed E-state index contributed by atoms with van der Waals surface area (Å²) in [6, 6.07) is 21.2. The summed E-state index contributed by atoms with van der Waals surface area (Å²) in [7, 11) is -12.5. The van der Waals surface area contributed by atoms with Crippen LogP contribution in [0.25, 0.3) is 16.6 Å². The number of piperazine rings is 1. The van der Waals surface area contributed by atoms with Gasteiger partial charge in [-0.2, -0.15) is 17.6 Å². The number of sulfonamides is 2. The van der Waals surface area contributed by atoms with Gasteiger partial charge in [0, 0.05) is 149 Å². The second kappa shape index (κ2) is 45.4. The number of nitro benzene ring substituents is 3. The molecule has 1 aliphatic carbocycles. The predicted octanol–water partition coefficient (Wildman–Crippen LogP) is 12.8. The number of H-pyrrole nitrogens is 1. The Morgan fingerprint density at radius 1 is 0.636 bits per heavy atom. The highest BCUT2D eigenvalue weighted by Crippen LogP contribution is 2.46. The van der Waals surface area contributed by atoms with Crippen LogP contribution in [-0.4, -0.2) is 229 Å². The largest absolute Gasteiger partial charge is 0.455 e. The van der Waals surface area contributed by atoms with E-state index in [0.717, 1.165) is 91.3 Å². The number of hydrogen-bond acceptors (Lipinski definition) is 26. The number of alkyl halides is 3. The van der Waals surface area contributed by atoms with Gasteiger partial charge in [-0.05, 0) is 154 Å². The van der Waals surface area contributed by atoms with Gasteiger partial charge in [0.2, 0.25) is 43.6 Å². The standard InChI is InChI=1S/C52H59ClF3N7O8S.C17H26N4O6S.C11H22N2O2.C6H5FN2O4S/c1-33(2)50(65)62-22-23-70-38(31-62)6-5-16-57-45-12-9-40(27-46(45)63(66)67)72(68,69)32-47(64)42-11-8-37(26-48(42)71-39-24-34-14-17-58-49(34)59-29-39)61-20-18-60(19-21-61)30-35-13-15-51(3,4)28-43(35)41-10-7-36(25-44(41)53)52(54,55)56;1-12(2)17(22)20-8-9-27-13(11-20)4-3-7-19-15-6-5-14(28(18,25)26)10-16(15)21(23)24;1-9(2)11(14)13-6-7-15-10(8-13)4-3-5-12;7-5-2-1-4(14(8,12)13)3-6(5)9(10)11/h7-12,14,17,24-27,29,33,38,57H,5-6,13,15-16,18-23,28,30-32H2,1-4H3,(H,58,59);5-6,10,12-13,19H,3-4,7-9,11H2,1-2H3,(H2,18,25,26);9-10H,3-8,12H2,1-2H3;1-3H,(H2,8,12,13). The van der Waals surface area contributed by atoms with Crippen molar-refractivity contribution in [2.75, 3.05) is 133 Å². The van der Waals surface area contributed by atoms with Gasteiger partial charge in [-0.25, -0.2) is 40.5 Å². The Labute approximate surface area is 751 Å². The molecule has 129 heavy (non-hydrogen) atoms. The monoisotopic (exact) mass is 1880 g/mol. The Morgan fingerprint density at radius 2 is 1.12 bits per heavy atom. The predicted molar refractivity (Wildman–Crippen MR) is 478 cm³/mol. The number of fused-ring (bicyclic) bond motifs is 1. The molecule has 9 N–H and O–H groups in total. The van der Waals surface area contributed by atoms with Crippen LogP contribution in [0.4, 0.5) is 51.7 Å². The van der Waals surface area contributed by atoms with Gasteiger partial charge < -0.3 is 59.9 Å². The quantitative estimate of drug-likeness (QED) is 0.00772. The zero-order chi connectivity index (χ0) is 94.6. The smallest absolute Gasteiger partial charge is 0.416 e. The summed E-state index contributed by atoms with van der Waals surface area (Å²) in [5.74, 6) is -2.17. The first kappa shape index (κ1) is 102. The molecule has 4 aliphatic heterocycles. The zero-order valence-electron chi connectivity index (χ0n) is 73.1. The maximum Gasteiger partial charge on any atom is 0.416 e. The summed E-state index contributed by atoms with van der Waals surface area (Å²) in [4.78, 5) is 98.0. The third kappa shape index (κ3) is 29.3. The first-order valence-corrected chi connectivity index (χ1v) is 47.3. The van der Waals surface area contributed by atoms with Gasteiger partial charge in [-0.1, -0.05) is 78.6 Å². The molecule has 0 saturated carbocycles. The number of primary sulfonamides is 2. The Bertz CT molecular complexity index is 5570. The van der Waals surface area contributed by atoms with E-state index in [-0.39, 0.29) is 102 Å². The fourth-order valence-corrected chi connectivity index (χ4v) is 17.8. The number of ketones is 1. The number of benzene rings is 5. The molecular weight excluding hydrogens is 1770 g/mol. The Kier molecular flexibility index (Phi) is 36.0. The molecule has 5 aromatic carbocycles. The van der Waals surface area contributed by atoms with Crippen LogP contribution in [-0.2, 0) is 64.7 Å². The molecule has 4 fully saturated rings. The summed E-state index contributed by atoms with van der Waals surface area (Å²) in [5.41, 5.74) is 7.32. The molecule has 0 spiro atoms. The van der Waals surface area contributed by atoms with Crippen LogP contribution >= 0.6 is 11.6 Å². The topological polar surface area (TPSA) is 484 Å². The van der Waals surface area contributed by atoms with E-state index in [0.29, 0.717) is 160 Å². The number of hydrogen-bond donors (Lipinski definition) is 6. The SMILES string of the molecule is CC(C)C(=O)N1CCOC(CCCN)C1.CC(C)C(=O)N1CCOC(CCCNc2ccc(S(=O)(=O)CC(=O)c3ccc(N4CCN(CC5=C(c6ccc(C(F)(F)F)cc6Cl)CC(C)(C)CC5)CC4)cc3Oc3cnc4[nH]ccc4c3)cc2[N+](=O)[O-])C1.CC(C)C(=O)N1CCOC(CCCNc2ccc(S(N)(=O)=O)cc2[N+](=O)[O-])C1.NS(=O)(=O)c1ccc(F)c([N+](=O)[O-])c1. The number of halogens is 5. The maximum atomic E-state index is 14.1. The number of nitrogens with two attached hydrogens (primary N) is 3. The van der Waals surface area contributed by atoms with Crippen molar-refractivity contribution in [3.8, 4) is 11.5 Å². The van der Waals surface area contributed by atoms with Crippen LogP contribution in [0.2, 0.25) is 5.02 Å². The lowest BCUT2D eigenvalue weighted by Crippen LogP contribution is -2.47. The number of morpholine rings is 3. The molecular formula is C86H112ClF4N15O20S3. The number of aromatic amines is 1. The first-order valence-electron chi connectivity index (χ1n) is 42.2. The second-order valence-electron chi connectivity index (χ2n) is 33.6. The highest BCUT2D eigenvalue weighted by molar-refractivity contribution is 7.92. The molecule has 12 rings (SSSR count). The number of aromatic nitrogens is 2. The second-order valence-corrected chi connectivity index (χ2v) is 39.1. The molecule has 2 aromatic heterocycles. The fraction of sp³-hybridized carbons (Fsp3) is 0.500. The number of pyridine rings is 1. The third-order valence-electron chi connectivity index (χ3n) is 22.2. The number of carbonyl (C=O) groups is 4. The zero-order valence-corrected chi connectivity index (χ0v) is 76.3. The van der Waals surface area contributed by atoms with Crippen LogP contribution in [0.3, 0.4) is 0 Å². The molecule has 7 aromatic rings. The molecule has 35 nitrogen and oxygen atoms in total. The van der Waals surface area contributed by atoms with Gasteiger partial charge in [0.05, 0.1) is 84.9 Å². The number of carbonyl (C=O) groups excluding carboxylic acids is 4. The number of nitro groups is 3. The van der Waals surface area contributed by atoms with Crippen molar-refractivity contribution in [3.63, 3.8) is 0 Å². The summed E-state index contributed by atoms with van der Waals surface area (Å²) < 4.78 is 149. The lowest BCUT2D eigenvalue weighted by atomic mass is 9.72. The van der Waals surface area contributed by atoms with Crippen molar-refractivity contribution in [2.45, 2.75) is 152 Å². The lowest BCUT2D eigenvalue weighted by molar-refractivity contribution is -0.387. The number of nitrogens with zero attached hydrogens (tertiary/aromatic N) is 9. The van der Waals surface area contributed by atoms with Gasteiger partial charge >= 0.3 is 11.9 Å². The number of rotatable bonds is 31. The van der Waals surface area contributed by atoms with Crippen LogP contribution in [0.1, 0.15) is 135 Å².